The first-order chi connectivity index (χ1) is 16.9. The van der Waals surface area contributed by atoms with Gasteiger partial charge in [-0.15, -0.1) is 13.2 Å². The van der Waals surface area contributed by atoms with Crippen molar-refractivity contribution in [1.82, 2.24) is 14.8 Å². The Kier molecular flexibility index (Phi) is 6.85. The van der Waals surface area contributed by atoms with Gasteiger partial charge in [-0.3, -0.25) is 4.68 Å². The Balaban J connectivity index is 1.61. The highest BCUT2D eigenvalue weighted by atomic mass is 35.5. The van der Waals surface area contributed by atoms with Gasteiger partial charge in [0, 0.05) is 24.0 Å². The number of hydrogen-bond donors (Lipinski definition) is 1. The summed E-state index contributed by atoms with van der Waals surface area (Å²) >= 11 is 5.96. The number of carbonyl (C=O) groups is 1. The van der Waals surface area contributed by atoms with Gasteiger partial charge in [-0.05, 0) is 42.8 Å². The van der Waals surface area contributed by atoms with Crippen molar-refractivity contribution in [2.75, 3.05) is 11.9 Å². The molecule has 1 aromatic heterocycles. The van der Waals surface area contributed by atoms with E-state index in [9.17, 15) is 31.1 Å². The van der Waals surface area contributed by atoms with Crippen LogP contribution in [0.5, 0.6) is 5.75 Å². The van der Waals surface area contributed by atoms with E-state index in [-0.39, 0.29) is 29.9 Å². The molecule has 0 spiro atoms. The SMILES string of the molecule is O=C(Nc1ccc(OC(F)(F)F)cc1)N1CCC(n2cc(Cl)cn2)C(c2cccc(C(F)(F)F)c2)=N1. The lowest BCUT2D eigenvalue weighted by Gasteiger charge is -2.30. The summed E-state index contributed by atoms with van der Waals surface area (Å²) < 4.78 is 82.1. The molecule has 0 bridgehead atoms. The second-order valence-electron chi connectivity index (χ2n) is 7.63. The van der Waals surface area contributed by atoms with Crippen LogP contribution in [0.15, 0.2) is 66.0 Å². The van der Waals surface area contributed by atoms with E-state index in [1.807, 2.05) is 0 Å². The molecule has 0 radical (unpaired) electrons. The lowest BCUT2D eigenvalue weighted by Crippen LogP contribution is -2.39. The van der Waals surface area contributed by atoms with E-state index in [1.54, 1.807) is 0 Å². The molecule has 2 heterocycles. The lowest BCUT2D eigenvalue weighted by atomic mass is 9.97. The molecule has 0 saturated heterocycles. The third kappa shape index (κ3) is 6.08. The number of nitrogens with zero attached hydrogens (tertiary/aromatic N) is 4. The molecule has 7 nitrogen and oxygen atoms in total. The van der Waals surface area contributed by atoms with Crippen LogP contribution in [0.4, 0.5) is 36.8 Å². The predicted molar refractivity (Wildman–Crippen MR) is 118 cm³/mol. The van der Waals surface area contributed by atoms with Crippen LogP contribution >= 0.6 is 11.6 Å². The molecular weight excluding hydrogens is 516 g/mol. The monoisotopic (exact) mass is 531 g/mol. The van der Waals surface area contributed by atoms with Crippen molar-refractivity contribution in [1.29, 1.82) is 0 Å². The quantitative estimate of drug-likeness (QED) is 0.400. The number of halogens is 7. The van der Waals surface area contributed by atoms with E-state index in [0.29, 0.717) is 5.02 Å². The summed E-state index contributed by atoms with van der Waals surface area (Å²) in [5.74, 6) is -0.468. The number of urea groups is 1. The summed E-state index contributed by atoms with van der Waals surface area (Å²) in [5.41, 5.74) is -0.446. The zero-order valence-electron chi connectivity index (χ0n) is 18.0. The zero-order valence-corrected chi connectivity index (χ0v) is 18.8. The fraction of sp³-hybridized carbons (Fsp3) is 0.227. The van der Waals surface area contributed by atoms with Gasteiger partial charge in [-0.25, -0.2) is 9.80 Å². The van der Waals surface area contributed by atoms with Crippen LogP contribution in [-0.2, 0) is 6.18 Å². The third-order valence-corrected chi connectivity index (χ3v) is 5.30. The highest BCUT2D eigenvalue weighted by Crippen LogP contribution is 2.32. The van der Waals surface area contributed by atoms with Crippen molar-refractivity contribution in [3.8, 4) is 5.75 Å². The first kappa shape index (κ1) is 25.4. The number of alkyl halides is 6. The summed E-state index contributed by atoms with van der Waals surface area (Å²) in [6.45, 7) is 0.0751. The molecule has 1 N–H and O–H groups in total. The molecule has 1 aliphatic rings. The summed E-state index contributed by atoms with van der Waals surface area (Å²) in [6.07, 6.45) is -6.33. The molecule has 0 fully saturated rings. The average molecular weight is 532 g/mol. The molecule has 0 saturated carbocycles. The summed E-state index contributed by atoms with van der Waals surface area (Å²) in [5, 5.41) is 12.3. The normalized spacial score (nSPS) is 16.5. The molecule has 0 aliphatic carbocycles. The second-order valence-corrected chi connectivity index (χ2v) is 8.07. The lowest BCUT2D eigenvalue weighted by molar-refractivity contribution is -0.274. The zero-order chi connectivity index (χ0) is 26.1. The maximum atomic E-state index is 13.3. The van der Waals surface area contributed by atoms with Gasteiger partial charge in [-0.2, -0.15) is 23.4 Å². The van der Waals surface area contributed by atoms with Gasteiger partial charge < -0.3 is 10.1 Å². The van der Waals surface area contributed by atoms with Crippen molar-refractivity contribution in [3.05, 3.63) is 77.1 Å². The van der Waals surface area contributed by atoms with Crippen molar-refractivity contribution in [2.24, 2.45) is 5.10 Å². The molecule has 2 aromatic carbocycles. The molecule has 4 rings (SSSR count). The first-order valence-electron chi connectivity index (χ1n) is 10.3. The molecule has 3 aromatic rings. The van der Waals surface area contributed by atoms with E-state index < -0.39 is 35.9 Å². The van der Waals surface area contributed by atoms with Gasteiger partial charge in [0.15, 0.2) is 0 Å². The van der Waals surface area contributed by atoms with Crippen molar-refractivity contribution >= 4 is 29.0 Å². The van der Waals surface area contributed by atoms with Crippen LogP contribution < -0.4 is 10.1 Å². The van der Waals surface area contributed by atoms with E-state index >= 15 is 0 Å². The number of ether oxygens (including phenoxy) is 1. The Morgan fingerprint density at radius 1 is 1.08 bits per heavy atom. The van der Waals surface area contributed by atoms with Gasteiger partial charge in [0.25, 0.3) is 0 Å². The number of aromatic nitrogens is 2. The molecule has 190 valence electrons. The highest BCUT2D eigenvalue weighted by molar-refractivity contribution is 6.30. The van der Waals surface area contributed by atoms with Gasteiger partial charge in [0.2, 0.25) is 0 Å². The standard InChI is InChI=1S/C22H16ClF6N5O2/c23-15-11-30-34(12-15)18-8-9-33(32-19(18)13-2-1-3-14(10-13)21(24,25)26)20(35)31-16-4-6-17(7-5-16)36-22(27,28)29/h1-7,10-12,18H,8-9H2,(H,31,35). The minimum atomic E-state index is -4.86. The largest absolute Gasteiger partial charge is 0.573 e. The number of nitrogens with one attached hydrogen (secondary N) is 1. The number of benzene rings is 2. The van der Waals surface area contributed by atoms with Crippen LogP contribution in [0, 0.1) is 0 Å². The minimum Gasteiger partial charge on any atom is -0.406 e. The first-order valence-corrected chi connectivity index (χ1v) is 10.7. The Labute approximate surface area is 204 Å². The Bertz CT molecular complexity index is 1270. The molecule has 36 heavy (non-hydrogen) atoms. The summed E-state index contributed by atoms with van der Waals surface area (Å²) in [6, 6.07) is 7.63. The predicted octanol–water partition coefficient (Wildman–Crippen LogP) is 6.34. The number of carbonyl (C=O) groups excluding carboxylic acids is 1. The van der Waals surface area contributed by atoms with Crippen LogP contribution in [0.25, 0.3) is 0 Å². The average Bonchev–Trinajstić information content (AvgIpc) is 3.24. The number of hydrogen-bond acceptors (Lipinski definition) is 4. The number of rotatable bonds is 4. The molecular formula is C22H16ClF6N5O2. The van der Waals surface area contributed by atoms with Crippen LogP contribution in [0.1, 0.15) is 23.6 Å². The van der Waals surface area contributed by atoms with Gasteiger partial charge in [-0.1, -0.05) is 23.7 Å². The number of anilines is 1. The van der Waals surface area contributed by atoms with Crippen LogP contribution in [0.2, 0.25) is 5.02 Å². The molecule has 14 heteroatoms. The van der Waals surface area contributed by atoms with E-state index in [1.165, 1.54) is 41.3 Å². The maximum absolute atomic E-state index is 13.3. The summed E-state index contributed by atoms with van der Waals surface area (Å²) in [7, 11) is 0. The van der Waals surface area contributed by atoms with Crippen LogP contribution in [0.3, 0.4) is 0 Å². The van der Waals surface area contributed by atoms with Crippen LogP contribution in [-0.4, -0.2) is 39.4 Å². The Hall–Kier alpha value is -3.74. The van der Waals surface area contributed by atoms with Gasteiger partial charge in [0.1, 0.15) is 5.75 Å². The third-order valence-electron chi connectivity index (χ3n) is 5.11. The van der Waals surface area contributed by atoms with E-state index in [2.05, 4.69) is 20.3 Å². The van der Waals surface area contributed by atoms with Crippen molar-refractivity contribution < 1.29 is 35.9 Å². The summed E-state index contributed by atoms with van der Waals surface area (Å²) in [4.78, 5) is 12.8. The Morgan fingerprint density at radius 3 is 2.42 bits per heavy atom. The number of amides is 2. The smallest absolute Gasteiger partial charge is 0.406 e. The fourth-order valence-corrected chi connectivity index (χ4v) is 3.69. The highest BCUT2D eigenvalue weighted by Gasteiger charge is 2.34. The van der Waals surface area contributed by atoms with Crippen molar-refractivity contribution in [2.45, 2.75) is 25.0 Å². The molecule has 2 amide bonds. The molecule has 1 atom stereocenters. The van der Waals surface area contributed by atoms with Crippen molar-refractivity contribution in [3.63, 3.8) is 0 Å². The van der Waals surface area contributed by atoms with E-state index in [0.717, 1.165) is 29.3 Å². The molecule has 1 aliphatic heterocycles. The molecule has 1 unspecified atom stereocenters. The Morgan fingerprint density at radius 2 is 1.81 bits per heavy atom. The fourth-order valence-electron chi connectivity index (χ4n) is 3.55. The second kappa shape index (κ2) is 9.72. The minimum absolute atomic E-state index is 0.0751. The van der Waals surface area contributed by atoms with Gasteiger partial charge >= 0.3 is 18.6 Å². The topological polar surface area (TPSA) is 71.8 Å². The maximum Gasteiger partial charge on any atom is 0.573 e. The van der Waals surface area contributed by atoms with Gasteiger partial charge in [0.05, 0.1) is 28.5 Å². The number of hydrazone groups is 1. The van der Waals surface area contributed by atoms with E-state index in [4.69, 9.17) is 11.6 Å².